The molecule has 4 nitrogen and oxygen atoms in total. The lowest BCUT2D eigenvalue weighted by atomic mass is 10.2. The van der Waals surface area contributed by atoms with Gasteiger partial charge < -0.3 is 9.30 Å². The van der Waals surface area contributed by atoms with Crippen molar-refractivity contribution in [1.29, 1.82) is 0 Å². The van der Waals surface area contributed by atoms with E-state index in [4.69, 9.17) is 27.9 Å². The van der Waals surface area contributed by atoms with E-state index in [9.17, 15) is 4.39 Å². The fraction of sp³-hybridized carbons (Fsp3) is 0.263. The molecule has 1 atom stereocenters. The Kier molecular flexibility index (Phi) is 6.63. The lowest BCUT2D eigenvalue weighted by Crippen LogP contribution is -2.12. The second-order valence-corrected chi connectivity index (χ2v) is 7.52. The molecule has 27 heavy (non-hydrogen) atoms. The number of thioether (sulfide) groups is 1. The molecule has 2 aromatic carbocycles. The van der Waals surface area contributed by atoms with Gasteiger partial charge in [0.25, 0.3) is 0 Å². The maximum absolute atomic E-state index is 14.0. The Labute approximate surface area is 171 Å². The third-order valence-electron chi connectivity index (χ3n) is 3.97. The van der Waals surface area contributed by atoms with Crippen molar-refractivity contribution in [2.24, 2.45) is 0 Å². The molecule has 1 heterocycles. The fourth-order valence-electron chi connectivity index (χ4n) is 2.60. The van der Waals surface area contributed by atoms with E-state index in [2.05, 4.69) is 10.2 Å². The highest BCUT2D eigenvalue weighted by Crippen LogP contribution is 2.31. The molecule has 0 saturated heterocycles. The van der Waals surface area contributed by atoms with Crippen LogP contribution < -0.4 is 4.74 Å². The summed E-state index contributed by atoms with van der Waals surface area (Å²) in [6, 6.07) is 11.9. The number of benzene rings is 2. The molecule has 1 unspecified atom stereocenters. The van der Waals surface area contributed by atoms with Crippen LogP contribution >= 0.6 is 35.0 Å². The lowest BCUT2D eigenvalue weighted by Gasteiger charge is -2.16. The number of para-hydroxylation sites is 1. The van der Waals surface area contributed by atoms with Crippen LogP contribution in [0.15, 0.2) is 47.6 Å². The zero-order valence-corrected chi connectivity index (χ0v) is 17.2. The molecule has 3 rings (SSSR count). The molecule has 1 aromatic heterocycles. The SMILES string of the molecule is CCn1c(SCc2c(F)cccc2Cl)nnc1C(C)Oc1ccccc1Cl. The molecule has 0 bridgehead atoms. The molecule has 0 spiro atoms. The Morgan fingerprint density at radius 2 is 1.85 bits per heavy atom. The first kappa shape index (κ1) is 20.0. The maximum Gasteiger partial charge on any atom is 0.191 e. The minimum absolute atomic E-state index is 0.326. The van der Waals surface area contributed by atoms with Gasteiger partial charge in [0.05, 0.1) is 5.02 Å². The monoisotopic (exact) mass is 425 g/mol. The van der Waals surface area contributed by atoms with Crippen molar-refractivity contribution in [3.63, 3.8) is 0 Å². The first-order valence-corrected chi connectivity index (χ1v) is 10.1. The Balaban J connectivity index is 1.77. The highest BCUT2D eigenvalue weighted by Gasteiger charge is 2.20. The summed E-state index contributed by atoms with van der Waals surface area (Å²) in [7, 11) is 0. The quantitative estimate of drug-likeness (QED) is 0.423. The summed E-state index contributed by atoms with van der Waals surface area (Å²) in [5, 5.41) is 10.1. The van der Waals surface area contributed by atoms with Crippen molar-refractivity contribution in [3.8, 4) is 5.75 Å². The summed E-state index contributed by atoms with van der Waals surface area (Å²) in [5.74, 6) is 1.31. The third kappa shape index (κ3) is 4.57. The average Bonchev–Trinajstić information content (AvgIpc) is 3.06. The fourth-order valence-corrected chi connectivity index (χ4v) is 4.13. The summed E-state index contributed by atoms with van der Waals surface area (Å²) in [6.45, 7) is 4.54. The largest absolute Gasteiger partial charge is 0.481 e. The van der Waals surface area contributed by atoms with E-state index in [0.29, 0.717) is 44.6 Å². The zero-order chi connectivity index (χ0) is 19.4. The smallest absolute Gasteiger partial charge is 0.191 e. The third-order valence-corrected chi connectivity index (χ3v) is 5.63. The van der Waals surface area contributed by atoms with Crippen molar-refractivity contribution < 1.29 is 9.13 Å². The number of hydrogen-bond acceptors (Lipinski definition) is 4. The first-order valence-electron chi connectivity index (χ1n) is 8.41. The minimum Gasteiger partial charge on any atom is -0.481 e. The Morgan fingerprint density at radius 3 is 2.56 bits per heavy atom. The average molecular weight is 426 g/mol. The van der Waals surface area contributed by atoms with Crippen molar-refractivity contribution >= 4 is 35.0 Å². The molecule has 0 aliphatic carbocycles. The van der Waals surface area contributed by atoms with Crippen LogP contribution in [0.3, 0.4) is 0 Å². The van der Waals surface area contributed by atoms with Crippen LogP contribution in [0.5, 0.6) is 5.75 Å². The van der Waals surface area contributed by atoms with E-state index < -0.39 is 0 Å². The molecule has 8 heteroatoms. The lowest BCUT2D eigenvalue weighted by molar-refractivity contribution is 0.210. The van der Waals surface area contributed by atoms with Crippen LogP contribution in [0, 0.1) is 5.82 Å². The molecule has 0 saturated carbocycles. The van der Waals surface area contributed by atoms with Crippen LogP contribution in [0.1, 0.15) is 31.3 Å². The van der Waals surface area contributed by atoms with E-state index in [0.717, 1.165) is 0 Å². The predicted molar refractivity (Wildman–Crippen MR) is 107 cm³/mol. The van der Waals surface area contributed by atoms with Gasteiger partial charge in [-0.15, -0.1) is 10.2 Å². The van der Waals surface area contributed by atoms with Crippen molar-refractivity contribution in [1.82, 2.24) is 14.8 Å². The van der Waals surface area contributed by atoms with Gasteiger partial charge in [-0.2, -0.15) is 0 Å². The van der Waals surface area contributed by atoms with E-state index in [-0.39, 0.29) is 11.9 Å². The van der Waals surface area contributed by atoms with Crippen molar-refractivity contribution in [3.05, 3.63) is 69.7 Å². The molecule has 0 N–H and O–H groups in total. The summed E-state index contributed by atoms with van der Waals surface area (Å²) in [5.41, 5.74) is 0.455. The highest BCUT2D eigenvalue weighted by atomic mass is 35.5. The van der Waals surface area contributed by atoms with Crippen molar-refractivity contribution in [2.45, 2.75) is 37.4 Å². The van der Waals surface area contributed by atoms with Gasteiger partial charge in [-0.1, -0.05) is 53.2 Å². The number of aromatic nitrogens is 3. The highest BCUT2D eigenvalue weighted by molar-refractivity contribution is 7.98. The number of halogens is 3. The molecule has 0 amide bonds. The van der Waals surface area contributed by atoms with Gasteiger partial charge in [-0.3, -0.25) is 0 Å². The van der Waals surface area contributed by atoms with Crippen LogP contribution in [-0.2, 0) is 12.3 Å². The molecule has 0 aliphatic rings. The zero-order valence-electron chi connectivity index (χ0n) is 14.8. The van der Waals surface area contributed by atoms with Crippen LogP contribution in [0.4, 0.5) is 4.39 Å². The van der Waals surface area contributed by atoms with Gasteiger partial charge in [-0.25, -0.2) is 4.39 Å². The van der Waals surface area contributed by atoms with Gasteiger partial charge >= 0.3 is 0 Å². The van der Waals surface area contributed by atoms with Gasteiger partial charge in [0, 0.05) is 22.9 Å². The second kappa shape index (κ2) is 8.95. The first-order chi connectivity index (χ1) is 13.0. The standard InChI is InChI=1S/C19H18Cl2FN3OS/c1-3-25-18(12(2)26-17-10-5-4-7-15(17)21)23-24-19(25)27-11-13-14(20)8-6-9-16(13)22/h4-10,12H,3,11H2,1-2H3. The van der Waals surface area contributed by atoms with Crippen molar-refractivity contribution in [2.75, 3.05) is 0 Å². The number of ether oxygens (including phenoxy) is 1. The van der Waals surface area contributed by atoms with Gasteiger partial charge in [0.2, 0.25) is 0 Å². The molecular weight excluding hydrogens is 408 g/mol. The van der Waals surface area contributed by atoms with Gasteiger partial charge in [-0.05, 0) is 38.1 Å². The summed E-state index contributed by atoms with van der Waals surface area (Å²) in [4.78, 5) is 0. The Hall–Kier alpha value is -1.76. The second-order valence-electron chi connectivity index (χ2n) is 5.76. The van der Waals surface area contributed by atoms with E-state index in [1.54, 1.807) is 24.3 Å². The number of rotatable bonds is 7. The van der Waals surface area contributed by atoms with Gasteiger partial charge in [0.1, 0.15) is 11.6 Å². The number of nitrogens with zero attached hydrogens (tertiary/aromatic N) is 3. The number of hydrogen-bond donors (Lipinski definition) is 0. The summed E-state index contributed by atoms with van der Waals surface area (Å²) in [6.07, 6.45) is -0.344. The predicted octanol–water partition coefficient (Wildman–Crippen LogP) is 6.18. The molecule has 0 radical (unpaired) electrons. The van der Waals surface area contributed by atoms with Crippen LogP contribution in [0.25, 0.3) is 0 Å². The summed E-state index contributed by atoms with van der Waals surface area (Å²) < 4.78 is 21.9. The molecular formula is C19H18Cl2FN3OS. The Morgan fingerprint density at radius 1 is 1.11 bits per heavy atom. The maximum atomic E-state index is 14.0. The normalized spacial score (nSPS) is 12.2. The minimum atomic E-state index is -0.344. The molecule has 142 valence electrons. The van der Waals surface area contributed by atoms with Crippen LogP contribution in [-0.4, -0.2) is 14.8 Å². The van der Waals surface area contributed by atoms with E-state index in [1.807, 2.05) is 30.5 Å². The molecule has 3 aromatic rings. The Bertz CT molecular complexity index is 915. The van der Waals surface area contributed by atoms with E-state index in [1.165, 1.54) is 17.8 Å². The molecule has 0 fully saturated rings. The van der Waals surface area contributed by atoms with E-state index >= 15 is 0 Å². The van der Waals surface area contributed by atoms with Gasteiger partial charge in [0.15, 0.2) is 17.1 Å². The topological polar surface area (TPSA) is 39.9 Å². The molecule has 0 aliphatic heterocycles. The summed E-state index contributed by atoms with van der Waals surface area (Å²) >= 11 is 13.6. The van der Waals surface area contributed by atoms with Crippen LogP contribution in [0.2, 0.25) is 10.0 Å².